The van der Waals surface area contributed by atoms with Crippen LogP contribution in [-0.2, 0) is 11.2 Å². The number of nitrogens with zero attached hydrogens (tertiary/aromatic N) is 2. The topological polar surface area (TPSA) is 84.0 Å². The smallest absolute Gasteiger partial charge is 0.251 e. The zero-order valence-electron chi connectivity index (χ0n) is 14.7. The first-order chi connectivity index (χ1) is 13.2. The molecule has 1 aromatic carbocycles. The Morgan fingerprint density at radius 3 is 2.52 bits per heavy atom. The second kappa shape index (κ2) is 9.59. The van der Waals surface area contributed by atoms with Gasteiger partial charge in [0.15, 0.2) is 0 Å². The standard InChI is InChI=1S/C20H20N4O2S/c25-18(22-12-13-23-19(26)15-6-2-1-3-7-15)10-9-16-14-27-20(24-16)17-8-4-5-11-21-17/h1-8,11,14H,9-10,12-13H2,(H,22,25)(H,23,26). The highest BCUT2D eigenvalue weighted by Gasteiger charge is 2.08. The number of amides is 2. The van der Waals surface area contributed by atoms with E-state index in [4.69, 9.17) is 0 Å². The molecule has 0 saturated carbocycles. The van der Waals surface area contributed by atoms with Gasteiger partial charge in [-0.15, -0.1) is 11.3 Å². The van der Waals surface area contributed by atoms with Crippen LogP contribution in [0.1, 0.15) is 22.5 Å². The molecule has 0 atom stereocenters. The summed E-state index contributed by atoms with van der Waals surface area (Å²) in [4.78, 5) is 32.6. The van der Waals surface area contributed by atoms with E-state index < -0.39 is 0 Å². The molecule has 3 aromatic rings. The highest BCUT2D eigenvalue weighted by atomic mass is 32.1. The van der Waals surface area contributed by atoms with Gasteiger partial charge in [-0.05, 0) is 30.7 Å². The number of aryl methyl sites for hydroxylation is 1. The molecular formula is C20H20N4O2S. The molecule has 2 N–H and O–H groups in total. The van der Waals surface area contributed by atoms with Crippen molar-refractivity contribution in [1.29, 1.82) is 0 Å². The lowest BCUT2D eigenvalue weighted by Gasteiger charge is -2.07. The van der Waals surface area contributed by atoms with Crippen LogP contribution < -0.4 is 10.6 Å². The molecule has 2 amide bonds. The van der Waals surface area contributed by atoms with Gasteiger partial charge in [-0.2, -0.15) is 0 Å². The van der Waals surface area contributed by atoms with Gasteiger partial charge in [-0.3, -0.25) is 14.6 Å². The lowest BCUT2D eigenvalue weighted by Crippen LogP contribution is -2.34. The number of benzene rings is 1. The third-order valence-electron chi connectivity index (χ3n) is 3.81. The fraction of sp³-hybridized carbons (Fsp3) is 0.200. The van der Waals surface area contributed by atoms with Gasteiger partial charge in [0.25, 0.3) is 5.91 Å². The van der Waals surface area contributed by atoms with E-state index in [-0.39, 0.29) is 11.8 Å². The Bertz CT molecular complexity index is 881. The zero-order chi connectivity index (χ0) is 18.9. The van der Waals surface area contributed by atoms with Gasteiger partial charge in [-0.25, -0.2) is 4.98 Å². The first kappa shape index (κ1) is 18.7. The van der Waals surface area contributed by atoms with Crippen molar-refractivity contribution in [3.63, 3.8) is 0 Å². The van der Waals surface area contributed by atoms with Crippen LogP contribution in [0.5, 0.6) is 0 Å². The van der Waals surface area contributed by atoms with Gasteiger partial charge in [0, 0.05) is 36.7 Å². The van der Waals surface area contributed by atoms with Gasteiger partial charge in [-0.1, -0.05) is 24.3 Å². The van der Waals surface area contributed by atoms with Crippen LogP contribution in [-0.4, -0.2) is 34.9 Å². The highest BCUT2D eigenvalue weighted by molar-refractivity contribution is 7.13. The van der Waals surface area contributed by atoms with Crippen molar-refractivity contribution in [3.05, 3.63) is 71.4 Å². The minimum Gasteiger partial charge on any atom is -0.354 e. The van der Waals surface area contributed by atoms with Crippen molar-refractivity contribution in [1.82, 2.24) is 20.6 Å². The van der Waals surface area contributed by atoms with E-state index in [0.29, 0.717) is 31.5 Å². The van der Waals surface area contributed by atoms with Gasteiger partial charge in [0.2, 0.25) is 5.91 Å². The molecule has 0 bridgehead atoms. The average Bonchev–Trinajstić information content (AvgIpc) is 3.20. The zero-order valence-corrected chi connectivity index (χ0v) is 15.5. The Hall–Kier alpha value is -3.06. The Morgan fingerprint density at radius 1 is 0.963 bits per heavy atom. The summed E-state index contributed by atoms with van der Waals surface area (Å²) >= 11 is 1.52. The molecule has 0 unspecified atom stereocenters. The van der Waals surface area contributed by atoms with Crippen molar-refractivity contribution in [2.75, 3.05) is 13.1 Å². The summed E-state index contributed by atoms with van der Waals surface area (Å²) in [6.07, 6.45) is 2.67. The van der Waals surface area contributed by atoms with E-state index in [2.05, 4.69) is 20.6 Å². The summed E-state index contributed by atoms with van der Waals surface area (Å²) < 4.78 is 0. The number of pyridine rings is 1. The fourth-order valence-corrected chi connectivity index (χ4v) is 3.26. The van der Waals surface area contributed by atoms with Crippen LogP contribution >= 0.6 is 11.3 Å². The lowest BCUT2D eigenvalue weighted by molar-refractivity contribution is -0.121. The molecule has 0 saturated heterocycles. The molecular weight excluding hydrogens is 360 g/mol. The Balaban J connectivity index is 1.35. The molecule has 0 fully saturated rings. The van der Waals surface area contributed by atoms with E-state index in [1.165, 1.54) is 11.3 Å². The Labute approximate surface area is 161 Å². The third-order valence-corrected chi connectivity index (χ3v) is 4.73. The third kappa shape index (κ3) is 5.72. The second-order valence-corrected chi connectivity index (χ2v) is 6.69. The van der Waals surface area contributed by atoms with Gasteiger partial charge < -0.3 is 10.6 Å². The normalized spacial score (nSPS) is 10.4. The fourth-order valence-electron chi connectivity index (χ4n) is 2.43. The summed E-state index contributed by atoms with van der Waals surface area (Å²) in [7, 11) is 0. The largest absolute Gasteiger partial charge is 0.354 e. The number of hydrogen-bond acceptors (Lipinski definition) is 5. The van der Waals surface area contributed by atoms with Crippen molar-refractivity contribution in [2.24, 2.45) is 0 Å². The van der Waals surface area contributed by atoms with Gasteiger partial charge >= 0.3 is 0 Å². The highest BCUT2D eigenvalue weighted by Crippen LogP contribution is 2.21. The van der Waals surface area contributed by atoms with Crippen LogP contribution in [0, 0.1) is 0 Å². The van der Waals surface area contributed by atoms with Gasteiger partial charge in [0.05, 0.1) is 11.4 Å². The molecule has 3 rings (SSSR count). The molecule has 0 aliphatic carbocycles. The average molecular weight is 380 g/mol. The SMILES string of the molecule is O=C(CCc1csc(-c2ccccn2)n1)NCCNC(=O)c1ccccc1. The molecule has 7 heteroatoms. The van der Waals surface area contributed by atoms with E-state index >= 15 is 0 Å². The number of nitrogens with one attached hydrogen (secondary N) is 2. The predicted molar refractivity (Wildman–Crippen MR) is 105 cm³/mol. The minimum absolute atomic E-state index is 0.0589. The molecule has 27 heavy (non-hydrogen) atoms. The molecule has 138 valence electrons. The van der Waals surface area contributed by atoms with Crippen molar-refractivity contribution < 1.29 is 9.59 Å². The molecule has 0 aliphatic heterocycles. The maximum Gasteiger partial charge on any atom is 0.251 e. The first-order valence-corrected chi connectivity index (χ1v) is 9.56. The summed E-state index contributed by atoms with van der Waals surface area (Å²) in [5.74, 6) is -0.203. The summed E-state index contributed by atoms with van der Waals surface area (Å²) in [6, 6.07) is 14.7. The maximum atomic E-state index is 11.9. The van der Waals surface area contributed by atoms with Crippen LogP contribution in [0.15, 0.2) is 60.1 Å². The molecule has 0 spiro atoms. The van der Waals surface area contributed by atoms with E-state index in [0.717, 1.165) is 16.4 Å². The number of carbonyl (C=O) groups excluding carboxylic acids is 2. The lowest BCUT2D eigenvalue weighted by atomic mass is 10.2. The molecule has 0 aliphatic rings. The van der Waals surface area contributed by atoms with Crippen LogP contribution in [0.4, 0.5) is 0 Å². The Kier molecular flexibility index (Phi) is 6.65. The quantitative estimate of drug-likeness (QED) is 0.589. The predicted octanol–water partition coefficient (Wildman–Crippen LogP) is 2.68. The number of thiazole rings is 1. The summed E-state index contributed by atoms with van der Waals surface area (Å²) in [6.45, 7) is 0.785. The second-order valence-electron chi connectivity index (χ2n) is 5.83. The van der Waals surface area contributed by atoms with Crippen LogP contribution in [0.25, 0.3) is 10.7 Å². The van der Waals surface area contributed by atoms with Gasteiger partial charge in [0.1, 0.15) is 5.01 Å². The number of rotatable bonds is 8. The van der Waals surface area contributed by atoms with Crippen molar-refractivity contribution >= 4 is 23.2 Å². The summed E-state index contributed by atoms with van der Waals surface area (Å²) in [5, 5.41) is 8.40. The van der Waals surface area contributed by atoms with E-state index in [9.17, 15) is 9.59 Å². The molecule has 2 heterocycles. The number of hydrogen-bond donors (Lipinski definition) is 2. The Morgan fingerprint density at radius 2 is 1.74 bits per heavy atom. The molecule has 2 aromatic heterocycles. The van der Waals surface area contributed by atoms with E-state index in [1.54, 1.807) is 18.3 Å². The number of aromatic nitrogens is 2. The van der Waals surface area contributed by atoms with Crippen molar-refractivity contribution in [3.8, 4) is 10.7 Å². The van der Waals surface area contributed by atoms with Crippen LogP contribution in [0.2, 0.25) is 0 Å². The summed E-state index contributed by atoms with van der Waals surface area (Å²) in [5.41, 5.74) is 2.33. The molecule has 0 radical (unpaired) electrons. The maximum absolute atomic E-state index is 11.9. The van der Waals surface area contributed by atoms with Crippen LogP contribution in [0.3, 0.4) is 0 Å². The monoisotopic (exact) mass is 380 g/mol. The van der Waals surface area contributed by atoms with Crippen molar-refractivity contribution in [2.45, 2.75) is 12.8 Å². The first-order valence-electron chi connectivity index (χ1n) is 8.68. The molecule has 6 nitrogen and oxygen atoms in total. The minimum atomic E-state index is -0.144. The van der Waals surface area contributed by atoms with E-state index in [1.807, 2.05) is 41.8 Å². The number of carbonyl (C=O) groups is 2.